The lowest BCUT2D eigenvalue weighted by molar-refractivity contribution is 0.0932. The Balaban J connectivity index is 1.62. The van der Waals surface area contributed by atoms with Gasteiger partial charge in [-0.2, -0.15) is 0 Å². The number of aromatic nitrogens is 4. The topological polar surface area (TPSA) is 72.7 Å². The zero-order chi connectivity index (χ0) is 19.5. The maximum Gasteiger partial charge on any atom is 0.251 e. The van der Waals surface area contributed by atoms with Gasteiger partial charge < -0.3 is 9.88 Å². The minimum absolute atomic E-state index is 0.143. The molecule has 1 N–H and O–H groups in total. The van der Waals surface area contributed by atoms with Gasteiger partial charge in [0.2, 0.25) is 0 Å². The van der Waals surface area contributed by atoms with Gasteiger partial charge in [0.25, 0.3) is 5.91 Å². The molecule has 0 unspecified atom stereocenters. The van der Waals surface area contributed by atoms with Gasteiger partial charge in [-0.1, -0.05) is 30.3 Å². The van der Waals surface area contributed by atoms with Crippen LogP contribution in [0.15, 0.2) is 67.3 Å². The summed E-state index contributed by atoms with van der Waals surface area (Å²) in [6, 6.07) is 15.2. The molecular weight excluding hydrogens is 350 g/mol. The van der Waals surface area contributed by atoms with Crippen LogP contribution < -0.4 is 5.32 Å². The highest BCUT2D eigenvalue weighted by Crippen LogP contribution is 2.18. The van der Waals surface area contributed by atoms with Crippen molar-refractivity contribution in [3.8, 4) is 0 Å². The van der Waals surface area contributed by atoms with Crippen molar-refractivity contribution in [2.75, 3.05) is 0 Å². The number of hydrogen-bond acceptors (Lipinski definition) is 4. The average molecular weight is 371 g/mol. The highest BCUT2D eigenvalue weighted by molar-refractivity contribution is 5.97. The van der Waals surface area contributed by atoms with Gasteiger partial charge in [-0.3, -0.25) is 4.79 Å². The Labute approximate surface area is 163 Å². The fourth-order valence-electron chi connectivity index (χ4n) is 3.14. The molecule has 1 amide bonds. The number of amides is 1. The lowest BCUT2D eigenvalue weighted by atomic mass is 10.1. The number of imidazole rings is 1. The number of carbonyl (C=O) groups excluding carboxylic acids is 1. The van der Waals surface area contributed by atoms with Crippen molar-refractivity contribution in [2.45, 2.75) is 26.4 Å². The number of hydrogen-bond donors (Lipinski definition) is 1. The van der Waals surface area contributed by atoms with E-state index in [9.17, 15) is 4.79 Å². The summed E-state index contributed by atoms with van der Waals surface area (Å²) in [7, 11) is 0. The number of carbonyl (C=O) groups is 1. The third-order valence-electron chi connectivity index (χ3n) is 4.80. The summed E-state index contributed by atoms with van der Waals surface area (Å²) in [4.78, 5) is 26.2. The molecule has 4 aromatic rings. The standard InChI is InChI=1S/C22H21N5O/c1-15-16(2)25-20-12-18(8-9-19(20)24-15)22(28)26-21(13-27-11-10-23-14-27)17-6-4-3-5-7-17/h3-12,14,21H,13H2,1-2H3,(H,26,28)/t21-/m0/s1. The third kappa shape index (κ3) is 3.76. The maximum atomic E-state index is 13.0. The molecule has 6 heteroatoms. The second-order valence-corrected chi connectivity index (χ2v) is 6.79. The Morgan fingerprint density at radius 1 is 1.04 bits per heavy atom. The largest absolute Gasteiger partial charge is 0.343 e. The molecule has 2 aromatic carbocycles. The first-order chi connectivity index (χ1) is 13.6. The predicted molar refractivity (Wildman–Crippen MR) is 108 cm³/mol. The van der Waals surface area contributed by atoms with Crippen LogP contribution in [-0.4, -0.2) is 25.4 Å². The van der Waals surface area contributed by atoms with Crippen LogP contribution in [0, 0.1) is 13.8 Å². The van der Waals surface area contributed by atoms with Crippen molar-refractivity contribution in [1.29, 1.82) is 0 Å². The zero-order valence-corrected chi connectivity index (χ0v) is 15.8. The van der Waals surface area contributed by atoms with E-state index in [1.807, 2.05) is 61.0 Å². The second kappa shape index (κ2) is 7.60. The van der Waals surface area contributed by atoms with Crippen LogP contribution in [0.25, 0.3) is 11.0 Å². The van der Waals surface area contributed by atoms with Gasteiger partial charge in [-0.05, 0) is 37.6 Å². The van der Waals surface area contributed by atoms with Crippen LogP contribution in [-0.2, 0) is 6.54 Å². The quantitative estimate of drug-likeness (QED) is 0.582. The van der Waals surface area contributed by atoms with E-state index >= 15 is 0 Å². The molecule has 1 atom stereocenters. The van der Waals surface area contributed by atoms with Crippen LogP contribution in [0.3, 0.4) is 0 Å². The van der Waals surface area contributed by atoms with E-state index < -0.39 is 0 Å². The Kier molecular flexibility index (Phi) is 4.85. The van der Waals surface area contributed by atoms with Crippen LogP contribution in [0.1, 0.15) is 33.4 Å². The molecule has 0 aliphatic heterocycles. The van der Waals surface area contributed by atoms with E-state index in [1.54, 1.807) is 24.7 Å². The lowest BCUT2D eigenvalue weighted by Gasteiger charge is -2.20. The minimum atomic E-state index is -0.176. The summed E-state index contributed by atoms with van der Waals surface area (Å²) >= 11 is 0. The van der Waals surface area contributed by atoms with Gasteiger partial charge in [0.1, 0.15) is 0 Å². The molecule has 0 aliphatic rings. The fourth-order valence-corrected chi connectivity index (χ4v) is 3.14. The second-order valence-electron chi connectivity index (χ2n) is 6.79. The molecule has 0 saturated heterocycles. The van der Waals surface area contributed by atoms with Crippen molar-refractivity contribution in [3.63, 3.8) is 0 Å². The summed E-state index contributed by atoms with van der Waals surface area (Å²) in [6.07, 6.45) is 5.37. The van der Waals surface area contributed by atoms with Gasteiger partial charge >= 0.3 is 0 Å². The van der Waals surface area contributed by atoms with Crippen molar-refractivity contribution in [3.05, 3.63) is 89.8 Å². The number of nitrogens with one attached hydrogen (secondary N) is 1. The molecule has 6 nitrogen and oxygen atoms in total. The number of aryl methyl sites for hydroxylation is 2. The van der Waals surface area contributed by atoms with Gasteiger partial charge in [0, 0.05) is 24.5 Å². The highest BCUT2D eigenvalue weighted by atomic mass is 16.1. The van der Waals surface area contributed by atoms with Crippen LogP contribution in [0.5, 0.6) is 0 Å². The summed E-state index contributed by atoms with van der Waals surface area (Å²) in [5.74, 6) is -0.143. The van der Waals surface area contributed by atoms with Gasteiger partial charge in [-0.25, -0.2) is 15.0 Å². The molecule has 0 saturated carbocycles. The fraction of sp³-hybridized carbons (Fsp3) is 0.182. The summed E-state index contributed by atoms with van der Waals surface area (Å²) in [5.41, 5.74) is 4.88. The monoisotopic (exact) mass is 371 g/mol. The third-order valence-corrected chi connectivity index (χ3v) is 4.80. The first kappa shape index (κ1) is 17.9. The molecule has 4 rings (SSSR count). The molecule has 0 spiro atoms. The zero-order valence-electron chi connectivity index (χ0n) is 15.8. The molecule has 28 heavy (non-hydrogen) atoms. The number of benzene rings is 2. The van der Waals surface area contributed by atoms with Gasteiger partial charge in [0.05, 0.1) is 34.8 Å². The van der Waals surface area contributed by atoms with Crippen molar-refractivity contribution in [1.82, 2.24) is 24.8 Å². The van der Waals surface area contributed by atoms with Crippen molar-refractivity contribution < 1.29 is 4.79 Å². The minimum Gasteiger partial charge on any atom is -0.343 e. The van der Waals surface area contributed by atoms with Crippen LogP contribution in [0.2, 0.25) is 0 Å². The Hall–Kier alpha value is -3.54. The molecule has 0 radical (unpaired) electrons. The molecule has 0 fully saturated rings. The summed E-state index contributed by atoms with van der Waals surface area (Å²) in [6.45, 7) is 4.45. The first-order valence-electron chi connectivity index (χ1n) is 9.17. The van der Waals surface area contributed by atoms with E-state index in [4.69, 9.17) is 0 Å². The van der Waals surface area contributed by atoms with Crippen molar-refractivity contribution >= 4 is 16.9 Å². The highest BCUT2D eigenvalue weighted by Gasteiger charge is 2.17. The number of fused-ring (bicyclic) bond motifs is 1. The van der Waals surface area contributed by atoms with Crippen LogP contribution in [0.4, 0.5) is 0 Å². The average Bonchev–Trinajstić information content (AvgIpc) is 3.22. The Morgan fingerprint density at radius 2 is 1.79 bits per heavy atom. The number of rotatable bonds is 5. The first-order valence-corrected chi connectivity index (χ1v) is 9.17. The normalized spacial score (nSPS) is 12.1. The van der Waals surface area contributed by atoms with E-state index in [2.05, 4.69) is 20.3 Å². The predicted octanol–water partition coefficient (Wildman–Crippen LogP) is 3.61. The Bertz CT molecular complexity index is 1110. The summed E-state index contributed by atoms with van der Waals surface area (Å²) < 4.78 is 1.95. The SMILES string of the molecule is Cc1nc2ccc(C(=O)N[C@@H](Cn3ccnc3)c3ccccc3)cc2nc1C. The van der Waals surface area contributed by atoms with E-state index in [0.29, 0.717) is 12.1 Å². The summed E-state index contributed by atoms with van der Waals surface area (Å²) in [5, 5.41) is 3.14. The van der Waals surface area contributed by atoms with E-state index in [-0.39, 0.29) is 11.9 Å². The molecule has 140 valence electrons. The van der Waals surface area contributed by atoms with Crippen LogP contribution >= 0.6 is 0 Å². The lowest BCUT2D eigenvalue weighted by Crippen LogP contribution is -2.31. The van der Waals surface area contributed by atoms with E-state index in [0.717, 1.165) is 28.0 Å². The smallest absolute Gasteiger partial charge is 0.251 e. The Morgan fingerprint density at radius 3 is 2.50 bits per heavy atom. The molecule has 0 bridgehead atoms. The van der Waals surface area contributed by atoms with Crippen molar-refractivity contribution in [2.24, 2.45) is 0 Å². The maximum absolute atomic E-state index is 13.0. The van der Waals surface area contributed by atoms with Gasteiger partial charge in [0.15, 0.2) is 0 Å². The molecular formula is C22H21N5O. The van der Waals surface area contributed by atoms with Gasteiger partial charge in [-0.15, -0.1) is 0 Å². The van der Waals surface area contributed by atoms with E-state index in [1.165, 1.54) is 0 Å². The molecule has 2 aromatic heterocycles. The molecule has 0 aliphatic carbocycles. The molecule has 2 heterocycles. The number of nitrogens with zero attached hydrogens (tertiary/aromatic N) is 4.